The Morgan fingerprint density at radius 2 is 1.67 bits per heavy atom. The smallest absolute Gasteiger partial charge is 0.252 e. The van der Waals surface area contributed by atoms with Crippen molar-refractivity contribution in [2.45, 2.75) is 71.0 Å². The summed E-state index contributed by atoms with van der Waals surface area (Å²) in [4.78, 5) is 13.1. The predicted octanol–water partition coefficient (Wildman–Crippen LogP) is 5.51. The molecule has 0 saturated carbocycles. The fraction of sp³-hybridized carbons (Fsp3) is 0.414. The first kappa shape index (κ1) is 23.5. The first-order valence-corrected chi connectivity index (χ1v) is 11.9. The van der Waals surface area contributed by atoms with Crippen LogP contribution in [0.2, 0.25) is 0 Å². The van der Waals surface area contributed by atoms with Crippen LogP contribution in [0.3, 0.4) is 0 Å². The van der Waals surface area contributed by atoms with E-state index in [2.05, 4.69) is 45.1 Å². The Hall–Kier alpha value is -2.69. The van der Waals surface area contributed by atoms with Crippen molar-refractivity contribution in [3.8, 4) is 0 Å². The number of carbonyl (C=O) groups is 1. The number of hydrogen-bond acceptors (Lipinski definition) is 3. The van der Waals surface area contributed by atoms with Gasteiger partial charge in [0.2, 0.25) is 0 Å². The van der Waals surface area contributed by atoms with Crippen molar-refractivity contribution in [2.75, 3.05) is 6.54 Å². The van der Waals surface area contributed by atoms with Gasteiger partial charge in [0.25, 0.3) is 5.91 Å². The molecule has 4 heteroatoms. The van der Waals surface area contributed by atoms with E-state index in [4.69, 9.17) is 0 Å². The summed E-state index contributed by atoms with van der Waals surface area (Å²) in [6.07, 6.45) is 1.21. The van der Waals surface area contributed by atoms with Gasteiger partial charge in [-0.3, -0.25) is 4.79 Å². The molecule has 0 aliphatic heterocycles. The van der Waals surface area contributed by atoms with E-state index in [1.54, 1.807) is 0 Å². The highest BCUT2D eigenvalue weighted by Crippen LogP contribution is 2.47. The second-order valence-electron chi connectivity index (χ2n) is 10.5. The summed E-state index contributed by atoms with van der Waals surface area (Å²) in [5, 5.41) is 26.4. The SMILES string of the molecule is CCNC(=O)c1c(CO)cc2ccccc2c1C(O)c1ccc2c(c1)C(C)(C)CCC2(C)C. The van der Waals surface area contributed by atoms with Gasteiger partial charge in [-0.15, -0.1) is 0 Å². The lowest BCUT2D eigenvalue weighted by Crippen LogP contribution is -2.34. The number of aliphatic hydroxyl groups is 2. The van der Waals surface area contributed by atoms with Gasteiger partial charge in [0.05, 0.1) is 12.2 Å². The number of fused-ring (bicyclic) bond motifs is 2. The van der Waals surface area contributed by atoms with E-state index in [1.807, 2.05) is 43.3 Å². The Balaban J connectivity index is 1.96. The molecule has 3 aromatic rings. The molecule has 1 aliphatic rings. The summed E-state index contributed by atoms with van der Waals surface area (Å²) in [6.45, 7) is 11.1. The molecule has 0 saturated heterocycles. The first-order chi connectivity index (χ1) is 15.6. The van der Waals surface area contributed by atoms with Gasteiger partial charge in [0.1, 0.15) is 6.10 Å². The molecule has 0 radical (unpaired) electrons. The monoisotopic (exact) mass is 445 g/mol. The van der Waals surface area contributed by atoms with Gasteiger partial charge in [-0.1, -0.05) is 70.2 Å². The summed E-state index contributed by atoms with van der Waals surface area (Å²) in [7, 11) is 0. The number of carbonyl (C=O) groups excluding carboxylic acids is 1. The molecular formula is C29H35NO3. The van der Waals surface area contributed by atoms with Gasteiger partial charge >= 0.3 is 0 Å². The van der Waals surface area contributed by atoms with E-state index in [1.165, 1.54) is 11.1 Å². The highest BCUT2D eigenvalue weighted by Gasteiger charge is 2.37. The molecule has 0 fully saturated rings. The van der Waals surface area contributed by atoms with Gasteiger partial charge in [-0.2, -0.15) is 0 Å². The molecule has 0 heterocycles. The van der Waals surface area contributed by atoms with Crippen LogP contribution in [0.1, 0.15) is 91.7 Å². The summed E-state index contributed by atoms with van der Waals surface area (Å²) < 4.78 is 0. The van der Waals surface area contributed by atoms with Crippen LogP contribution >= 0.6 is 0 Å². The third-order valence-electron chi connectivity index (χ3n) is 7.37. The third-order valence-corrected chi connectivity index (χ3v) is 7.37. The van der Waals surface area contributed by atoms with Crippen molar-refractivity contribution in [3.63, 3.8) is 0 Å². The lowest BCUT2D eigenvalue weighted by atomic mass is 9.63. The van der Waals surface area contributed by atoms with Crippen LogP contribution < -0.4 is 5.32 Å². The summed E-state index contributed by atoms with van der Waals surface area (Å²) in [6, 6.07) is 15.8. The van der Waals surface area contributed by atoms with Crippen molar-refractivity contribution >= 4 is 16.7 Å². The number of amides is 1. The molecule has 3 aromatic carbocycles. The van der Waals surface area contributed by atoms with E-state index in [9.17, 15) is 15.0 Å². The minimum Gasteiger partial charge on any atom is -0.392 e. The van der Waals surface area contributed by atoms with Gasteiger partial charge in [-0.05, 0) is 69.7 Å². The Kier molecular flexibility index (Phi) is 6.10. The fourth-order valence-corrected chi connectivity index (χ4v) is 5.30. The lowest BCUT2D eigenvalue weighted by molar-refractivity contribution is 0.0947. The zero-order valence-electron chi connectivity index (χ0n) is 20.3. The first-order valence-electron chi connectivity index (χ1n) is 11.9. The minimum absolute atomic E-state index is 0.0119. The predicted molar refractivity (Wildman–Crippen MR) is 134 cm³/mol. The molecule has 1 unspecified atom stereocenters. The zero-order valence-corrected chi connectivity index (χ0v) is 20.3. The molecule has 0 aromatic heterocycles. The van der Waals surface area contributed by atoms with Crippen LogP contribution in [0.5, 0.6) is 0 Å². The second kappa shape index (κ2) is 8.58. The van der Waals surface area contributed by atoms with Gasteiger partial charge in [-0.25, -0.2) is 0 Å². The molecule has 3 N–H and O–H groups in total. The van der Waals surface area contributed by atoms with Crippen molar-refractivity contribution in [3.05, 3.63) is 81.9 Å². The van der Waals surface area contributed by atoms with Crippen LogP contribution in [0.15, 0.2) is 48.5 Å². The number of nitrogens with one attached hydrogen (secondary N) is 1. The molecule has 4 rings (SSSR count). The van der Waals surface area contributed by atoms with Crippen LogP contribution in [0.4, 0.5) is 0 Å². The lowest BCUT2D eigenvalue weighted by Gasteiger charge is -2.42. The molecule has 4 nitrogen and oxygen atoms in total. The van der Waals surface area contributed by atoms with Crippen LogP contribution in [0, 0.1) is 0 Å². The Morgan fingerprint density at radius 3 is 2.33 bits per heavy atom. The molecule has 1 amide bonds. The van der Waals surface area contributed by atoms with Crippen LogP contribution in [0.25, 0.3) is 10.8 Å². The largest absolute Gasteiger partial charge is 0.392 e. The van der Waals surface area contributed by atoms with E-state index < -0.39 is 6.10 Å². The molecule has 0 bridgehead atoms. The van der Waals surface area contributed by atoms with Crippen molar-refractivity contribution in [2.24, 2.45) is 0 Å². The molecule has 174 valence electrons. The number of rotatable bonds is 5. The third kappa shape index (κ3) is 4.07. The summed E-state index contributed by atoms with van der Waals surface area (Å²) in [5.74, 6) is -0.277. The van der Waals surface area contributed by atoms with E-state index in [0.29, 0.717) is 23.2 Å². The highest BCUT2D eigenvalue weighted by molar-refractivity contribution is 6.03. The molecule has 0 spiro atoms. The molecule has 1 aliphatic carbocycles. The molecular weight excluding hydrogens is 410 g/mol. The zero-order chi connectivity index (χ0) is 24.0. The summed E-state index contributed by atoms with van der Waals surface area (Å²) >= 11 is 0. The molecule has 1 atom stereocenters. The fourth-order valence-electron chi connectivity index (χ4n) is 5.30. The standard InChI is InChI=1S/C29H35NO3/c1-6-30-27(33)24-20(17-31)15-18-9-7-8-10-21(18)25(24)26(32)19-11-12-22-23(16-19)29(4,5)14-13-28(22,2)3/h7-12,15-16,26,31-32H,6,13-14,17H2,1-5H3,(H,30,33). The Morgan fingerprint density at radius 1 is 1.00 bits per heavy atom. The van der Waals surface area contributed by atoms with Gasteiger partial charge in [0, 0.05) is 12.1 Å². The summed E-state index contributed by atoms with van der Waals surface area (Å²) in [5.41, 5.74) is 4.89. The maximum atomic E-state index is 13.1. The maximum absolute atomic E-state index is 13.1. The van der Waals surface area contributed by atoms with Crippen molar-refractivity contribution in [1.29, 1.82) is 0 Å². The maximum Gasteiger partial charge on any atom is 0.252 e. The average molecular weight is 446 g/mol. The van der Waals surface area contributed by atoms with Crippen LogP contribution in [-0.4, -0.2) is 22.7 Å². The Labute approximate surface area is 196 Å². The van der Waals surface area contributed by atoms with E-state index in [0.717, 1.165) is 29.2 Å². The minimum atomic E-state index is -0.995. The second-order valence-corrected chi connectivity index (χ2v) is 10.5. The van der Waals surface area contributed by atoms with E-state index >= 15 is 0 Å². The average Bonchev–Trinajstić information content (AvgIpc) is 2.80. The molecule has 33 heavy (non-hydrogen) atoms. The topological polar surface area (TPSA) is 69.6 Å². The van der Waals surface area contributed by atoms with Crippen molar-refractivity contribution < 1.29 is 15.0 Å². The van der Waals surface area contributed by atoms with Crippen LogP contribution in [-0.2, 0) is 17.4 Å². The number of hydrogen-bond donors (Lipinski definition) is 3. The highest BCUT2D eigenvalue weighted by atomic mass is 16.3. The van der Waals surface area contributed by atoms with Gasteiger partial charge < -0.3 is 15.5 Å². The number of aliphatic hydroxyl groups excluding tert-OH is 2. The van der Waals surface area contributed by atoms with E-state index in [-0.39, 0.29) is 23.3 Å². The number of benzene rings is 3. The van der Waals surface area contributed by atoms with Gasteiger partial charge in [0.15, 0.2) is 0 Å². The normalized spacial score (nSPS) is 17.4. The van der Waals surface area contributed by atoms with Crippen molar-refractivity contribution in [1.82, 2.24) is 5.32 Å². The Bertz CT molecular complexity index is 1210. The quantitative estimate of drug-likeness (QED) is 0.485.